The first kappa shape index (κ1) is 16.7. The van der Waals surface area contributed by atoms with Crippen LogP contribution in [-0.4, -0.2) is 63.4 Å². The Kier molecular flexibility index (Phi) is 5.36. The molecule has 0 aliphatic carbocycles. The Morgan fingerprint density at radius 1 is 1.41 bits per heavy atom. The number of ether oxygens (including phenoxy) is 1. The number of carbonyl (C=O) groups excluding carboxylic acids is 1. The first-order valence-electron chi connectivity index (χ1n) is 6.91. The smallest absolute Gasteiger partial charge is 0.326 e. The highest BCUT2D eigenvalue weighted by atomic mass is 32.2. The molecular weight excluding hydrogens is 306 g/mol. The van der Waals surface area contributed by atoms with Crippen molar-refractivity contribution in [3.63, 3.8) is 0 Å². The largest absolute Gasteiger partial charge is 0.480 e. The zero-order chi connectivity index (χ0) is 16.3. The number of carboxylic acid groups (broad SMARTS) is 1. The van der Waals surface area contributed by atoms with Crippen molar-refractivity contribution in [1.29, 1.82) is 0 Å². The molecule has 1 aromatic heterocycles. The summed E-state index contributed by atoms with van der Waals surface area (Å²) in [7, 11) is 1.52. The lowest BCUT2D eigenvalue weighted by molar-refractivity contribution is -0.147. The molecule has 2 unspecified atom stereocenters. The van der Waals surface area contributed by atoms with Crippen LogP contribution in [0.15, 0.2) is 11.2 Å². The van der Waals surface area contributed by atoms with Crippen LogP contribution >= 0.6 is 11.8 Å². The van der Waals surface area contributed by atoms with Crippen molar-refractivity contribution < 1.29 is 19.4 Å². The molecule has 1 aliphatic heterocycles. The van der Waals surface area contributed by atoms with E-state index in [2.05, 4.69) is 9.97 Å². The van der Waals surface area contributed by atoms with Crippen molar-refractivity contribution in [3.05, 3.63) is 17.5 Å². The van der Waals surface area contributed by atoms with Crippen molar-refractivity contribution in [2.75, 3.05) is 19.4 Å². The van der Waals surface area contributed by atoms with Gasteiger partial charge in [-0.1, -0.05) is 11.8 Å². The lowest BCUT2D eigenvalue weighted by Crippen LogP contribution is -2.41. The van der Waals surface area contributed by atoms with Crippen LogP contribution in [0.1, 0.15) is 17.8 Å². The molecule has 1 amide bonds. The quantitative estimate of drug-likeness (QED) is 0.634. The molecule has 1 saturated heterocycles. The van der Waals surface area contributed by atoms with E-state index < -0.39 is 12.0 Å². The van der Waals surface area contributed by atoms with Gasteiger partial charge in [0.1, 0.15) is 6.04 Å². The van der Waals surface area contributed by atoms with E-state index >= 15 is 0 Å². The minimum absolute atomic E-state index is 0.114. The molecule has 22 heavy (non-hydrogen) atoms. The number of nitrogens with zero attached hydrogens (tertiary/aromatic N) is 3. The van der Waals surface area contributed by atoms with E-state index in [1.54, 1.807) is 0 Å². The third-order valence-electron chi connectivity index (χ3n) is 3.49. The van der Waals surface area contributed by atoms with Gasteiger partial charge < -0.3 is 14.7 Å². The average molecular weight is 325 g/mol. The monoisotopic (exact) mass is 325 g/mol. The van der Waals surface area contributed by atoms with E-state index in [9.17, 15) is 14.7 Å². The van der Waals surface area contributed by atoms with E-state index in [1.165, 1.54) is 23.8 Å². The Labute approximate surface area is 133 Å². The van der Waals surface area contributed by atoms with Crippen LogP contribution in [0.4, 0.5) is 0 Å². The number of methoxy groups -OCH3 is 1. The van der Waals surface area contributed by atoms with Gasteiger partial charge in [0.25, 0.3) is 0 Å². The second kappa shape index (κ2) is 7.06. The molecule has 2 rings (SSSR count). The maximum absolute atomic E-state index is 12.3. The summed E-state index contributed by atoms with van der Waals surface area (Å²) in [6.45, 7) is 4.04. The zero-order valence-electron chi connectivity index (χ0n) is 12.8. The predicted octanol–water partition coefficient (Wildman–Crippen LogP) is 0.886. The van der Waals surface area contributed by atoms with Gasteiger partial charge in [0, 0.05) is 31.5 Å². The van der Waals surface area contributed by atoms with Gasteiger partial charge >= 0.3 is 5.97 Å². The van der Waals surface area contributed by atoms with Gasteiger partial charge in [-0.05, 0) is 19.9 Å². The van der Waals surface area contributed by atoms with Crippen LogP contribution in [0.2, 0.25) is 0 Å². The number of carboxylic acids is 1. The third-order valence-corrected chi connectivity index (χ3v) is 4.32. The second-order valence-corrected chi connectivity index (χ2v) is 6.16. The van der Waals surface area contributed by atoms with E-state index in [0.29, 0.717) is 18.1 Å². The summed E-state index contributed by atoms with van der Waals surface area (Å²) in [6, 6.07) is 1.04. The summed E-state index contributed by atoms with van der Waals surface area (Å²) in [6.07, 6.45) is 0.0926. The maximum Gasteiger partial charge on any atom is 0.326 e. The van der Waals surface area contributed by atoms with Gasteiger partial charge in [-0.3, -0.25) is 4.79 Å². The predicted molar refractivity (Wildman–Crippen MR) is 80.8 cm³/mol. The Bertz CT molecular complexity index is 561. The minimum Gasteiger partial charge on any atom is -0.480 e. The van der Waals surface area contributed by atoms with Gasteiger partial charge in [0.2, 0.25) is 5.91 Å². The molecule has 1 N–H and O–H groups in total. The molecule has 8 heteroatoms. The molecule has 0 spiro atoms. The van der Waals surface area contributed by atoms with E-state index in [0.717, 1.165) is 11.4 Å². The minimum atomic E-state index is -0.999. The Morgan fingerprint density at radius 3 is 2.59 bits per heavy atom. The Balaban J connectivity index is 2.00. The van der Waals surface area contributed by atoms with Crippen molar-refractivity contribution >= 4 is 23.6 Å². The first-order valence-corrected chi connectivity index (χ1v) is 7.89. The number of thioether (sulfide) groups is 1. The molecule has 0 bridgehead atoms. The van der Waals surface area contributed by atoms with Crippen LogP contribution in [0.3, 0.4) is 0 Å². The number of aromatic nitrogens is 2. The average Bonchev–Trinajstić information content (AvgIpc) is 2.88. The van der Waals surface area contributed by atoms with Crippen molar-refractivity contribution in [3.8, 4) is 0 Å². The number of rotatable bonds is 5. The topological polar surface area (TPSA) is 92.6 Å². The van der Waals surface area contributed by atoms with Gasteiger partial charge in [-0.15, -0.1) is 0 Å². The summed E-state index contributed by atoms with van der Waals surface area (Å²) in [5, 5.41) is 9.75. The molecule has 0 saturated carbocycles. The van der Waals surface area contributed by atoms with Crippen LogP contribution in [0.5, 0.6) is 0 Å². The summed E-state index contributed by atoms with van der Waals surface area (Å²) in [5.74, 6) is -1.12. The fraction of sp³-hybridized carbons (Fsp3) is 0.571. The number of amides is 1. The zero-order valence-corrected chi connectivity index (χ0v) is 13.6. The van der Waals surface area contributed by atoms with Crippen LogP contribution < -0.4 is 0 Å². The van der Waals surface area contributed by atoms with Crippen molar-refractivity contribution in [2.24, 2.45) is 0 Å². The van der Waals surface area contributed by atoms with Crippen LogP contribution in [-0.2, 0) is 14.3 Å². The summed E-state index contributed by atoms with van der Waals surface area (Å²) >= 11 is 1.22. The second-order valence-electron chi connectivity index (χ2n) is 5.22. The number of aliphatic carboxylic acids is 1. The molecule has 0 aromatic carbocycles. The van der Waals surface area contributed by atoms with E-state index in [4.69, 9.17) is 4.74 Å². The van der Waals surface area contributed by atoms with Crippen LogP contribution in [0.25, 0.3) is 0 Å². The number of aryl methyl sites for hydroxylation is 2. The highest BCUT2D eigenvalue weighted by Gasteiger charge is 2.39. The Morgan fingerprint density at radius 2 is 2.05 bits per heavy atom. The first-order chi connectivity index (χ1) is 10.4. The van der Waals surface area contributed by atoms with Crippen molar-refractivity contribution in [1.82, 2.24) is 14.9 Å². The third kappa shape index (κ3) is 3.95. The molecule has 1 aromatic rings. The SMILES string of the molecule is COC1CC(C(=O)O)N(C(=O)CSc2nc(C)cc(C)n2)C1. The molecule has 7 nitrogen and oxygen atoms in total. The normalized spacial score (nSPS) is 21.1. The summed E-state index contributed by atoms with van der Waals surface area (Å²) < 4.78 is 5.18. The molecule has 2 heterocycles. The molecular formula is C14H19N3O4S. The highest BCUT2D eigenvalue weighted by molar-refractivity contribution is 7.99. The molecule has 120 valence electrons. The molecule has 1 fully saturated rings. The standard InChI is InChI=1S/C14H19N3O4S/c1-8-4-9(2)16-14(15-8)22-7-12(18)17-6-10(21-3)5-11(17)13(19)20/h4,10-11H,5-7H2,1-3H3,(H,19,20). The van der Waals surface area contributed by atoms with Gasteiger partial charge in [-0.25, -0.2) is 14.8 Å². The molecule has 0 radical (unpaired) electrons. The van der Waals surface area contributed by atoms with Crippen molar-refractivity contribution in [2.45, 2.75) is 37.6 Å². The van der Waals surface area contributed by atoms with Gasteiger partial charge in [0.15, 0.2) is 5.16 Å². The van der Waals surface area contributed by atoms with Gasteiger partial charge in [0.05, 0.1) is 11.9 Å². The highest BCUT2D eigenvalue weighted by Crippen LogP contribution is 2.23. The summed E-state index contributed by atoms with van der Waals surface area (Å²) in [5.41, 5.74) is 1.68. The number of carbonyl (C=O) groups is 2. The molecule has 1 aliphatic rings. The van der Waals surface area contributed by atoms with Gasteiger partial charge in [-0.2, -0.15) is 0 Å². The fourth-order valence-corrected chi connectivity index (χ4v) is 3.28. The summed E-state index contributed by atoms with van der Waals surface area (Å²) in [4.78, 5) is 33.4. The van der Waals surface area contributed by atoms with E-state index in [1.807, 2.05) is 19.9 Å². The Hall–Kier alpha value is -1.67. The number of hydrogen-bond donors (Lipinski definition) is 1. The fourth-order valence-electron chi connectivity index (χ4n) is 2.45. The molecule has 2 atom stereocenters. The maximum atomic E-state index is 12.3. The lowest BCUT2D eigenvalue weighted by Gasteiger charge is -2.20. The lowest BCUT2D eigenvalue weighted by atomic mass is 10.2. The number of hydrogen-bond acceptors (Lipinski definition) is 6. The van der Waals surface area contributed by atoms with E-state index in [-0.39, 0.29) is 17.8 Å². The van der Waals surface area contributed by atoms with Crippen LogP contribution in [0, 0.1) is 13.8 Å². The number of likely N-dealkylation sites (tertiary alicyclic amines) is 1.